The predicted octanol–water partition coefficient (Wildman–Crippen LogP) is 5.99. The third kappa shape index (κ3) is 5.16. The number of rotatable bonds is 6. The molecule has 2 rings (SSSR count). The summed E-state index contributed by atoms with van der Waals surface area (Å²) >= 11 is 3.45. The molecule has 1 aromatic carbocycles. The van der Waals surface area contributed by atoms with Gasteiger partial charge in [-0.3, -0.25) is 4.98 Å². The standard InChI is InChI=1S/C19H26BrNO2Si/c1-19(2,3)24(4,5)22-14-18(15-7-6-12-21-13-15)23-17-10-8-16(20)9-11-17/h6-13,18H,14H2,1-5H3. The predicted molar refractivity (Wildman–Crippen MR) is 105 cm³/mol. The molecular formula is C19H26BrNO2Si. The summed E-state index contributed by atoms with van der Waals surface area (Å²) in [5.41, 5.74) is 1.03. The van der Waals surface area contributed by atoms with E-state index in [1.807, 2.05) is 42.6 Å². The highest BCUT2D eigenvalue weighted by atomic mass is 79.9. The molecule has 0 amide bonds. The largest absolute Gasteiger partial charge is 0.483 e. The fraction of sp³-hybridized carbons (Fsp3) is 0.421. The highest BCUT2D eigenvalue weighted by Crippen LogP contribution is 2.37. The average molecular weight is 408 g/mol. The zero-order valence-electron chi connectivity index (χ0n) is 15.0. The maximum atomic E-state index is 6.38. The van der Waals surface area contributed by atoms with Crippen molar-refractivity contribution in [1.82, 2.24) is 4.98 Å². The smallest absolute Gasteiger partial charge is 0.192 e. The van der Waals surface area contributed by atoms with E-state index in [-0.39, 0.29) is 11.1 Å². The lowest BCUT2D eigenvalue weighted by atomic mass is 10.2. The minimum Gasteiger partial charge on any atom is -0.483 e. The number of aromatic nitrogens is 1. The van der Waals surface area contributed by atoms with Crippen LogP contribution in [0.1, 0.15) is 32.4 Å². The number of pyridine rings is 1. The van der Waals surface area contributed by atoms with E-state index in [1.54, 1.807) is 6.20 Å². The van der Waals surface area contributed by atoms with Gasteiger partial charge in [0.15, 0.2) is 8.32 Å². The Balaban J connectivity index is 2.16. The summed E-state index contributed by atoms with van der Waals surface area (Å²) in [5, 5.41) is 0.171. The number of ether oxygens (including phenoxy) is 1. The average Bonchev–Trinajstić information content (AvgIpc) is 2.53. The molecule has 0 fully saturated rings. The van der Waals surface area contributed by atoms with Gasteiger partial charge in [0.25, 0.3) is 0 Å². The molecule has 1 unspecified atom stereocenters. The van der Waals surface area contributed by atoms with Crippen LogP contribution in [0.25, 0.3) is 0 Å². The maximum Gasteiger partial charge on any atom is 0.192 e. The van der Waals surface area contributed by atoms with Crippen molar-refractivity contribution in [3.63, 3.8) is 0 Å². The number of nitrogens with zero attached hydrogens (tertiary/aromatic N) is 1. The highest BCUT2D eigenvalue weighted by Gasteiger charge is 2.38. The Morgan fingerprint density at radius 1 is 1.12 bits per heavy atom. The Morgan fingerprint density at radius 3 is 2.33 bits per heavy atom. The summed E-state index contributed by atoms with van der Waals surface area (Å²) in [4.78, 5) is 4.22. The molecule has 2 aromatic rings. The van der Waals surface area contributed by atoms with Crippen molar-refractivity contribution < 1.29 is 9.16 Å². The van der Waals surface area contributed by atoms with Gasteiger partial charge in [-0.1, -0.05) is 42.8 Å². The maximum absolute atomic E-state index is 6.38. The van der Waals surface area contributed by atoms with Crippen molar-refractivity contribution in [1.29, 1.82) is 0 Å². The number of halogens is 1. The van der Waals surface area contributed by atoms with Crippen molar-refractivity contribution in [3.8, 4) is 5.75 Å². The Morgan fingerprint density at radius 2 is 1.79 bits per heavy atom. The lowest BCUT2D eigenvalue weighted by molar-refractivity contribution is 0.120. The van der Waals surface area contributed by atoms with Crippen LogP contribution >= 0.6 is 15.9 Å². The topological polar surface area (TPSA) is 31.4 Å². The first-order valence-corrected chi connectivity index (χ1v) is 11.9. The number of hydrogen-bond donors (Lipinski definition) is 0. The summed E-state index contributed by atoms with van der Waals surface area (Å²) in [6, 6.07) is 11.8. The molecule has 0 N–H and O–H groups in total. The quantitative estimate of drug-likeness (QED) is 0.551. The van der Waals surface area contributed by atoms with Gasteiger partial charge in [0.1, 0.15) is 11.9 Å². The molecular weight excluding hydrogens is 382 g/mol. The van der Waals surface area contributed by atoms with Crippen LogP contribution in [0.5, 0.6) is 5.75 Å². The zero-order valence-corrected chi connectivity index (χ0v) is 17.6. The van der Waals surface area contributed by atoms with E-state index in [4.69, 9.17) is 9.16 Å². The lowest BCUT2D eigenvalue weighted by Crippen LogP contribution is -2.42. The molecule has 0 saturated carbocycles. The lowest BCUT2D eigenvalue weighted by Gasteiger charge is -2.37. The first-order chi connectivity index (χ1) is 11.2. The van der Waals surface area contributed by atoms with Gasteiger partial charge in [-0.25, -0.2) is 0 Å². The molecule has 130 valence electrons. The fourth-order valence-electron chi connectivity index (χ4n) is 1.94. The summed E-state index contributed by atoms with van der Waals surface area (Å²) in [5.74, 6) is 0.825. The van der Waals surface area contributed by atoms with Gasteiger partial charge in [-0.05, 0) is 48.5 Å². The molecule has 0 radical (unpaired) electrons. The van der Waals surface area contributed by atoms with E-state index < -0.39 is 8.32 Å². The molecule has 1 aromatic heterocycles. The van der Waals surface area contributed by atoms with Gasteiger partial charge in [0, 0.05) is 22.4 Å². The molecule has 0 bridgehead atoms. The van der Waals surface area contributed by atoms with Gasteiger partial charge >= 0.3 is 0 Å². The molecule has 3 nitrogen and oxygen atoms in total. The SMILES string of the molecule is CC(C)(C)[Si](C)(C)OCC(Oc1ccc(Br)cc1)c1cccnc1. The first kappa shape index (κ1) is 19.2. The minimum atomic E-state index is -1.83. The molecule has 0 saturated heterocycles. The van der Waals surface area contributed by atoms with Crippen LogP contribution in [0.15, 0.2) is 53.3 Å². The Bertz CT molecular complexity index is 639. The zero-order chi connectivity index (χ0) is 17.8. The third-order valence-corrected chi connectivity index (χ3v) is 9.58. The molecule has 0 aliphatic heterocycles. The summed E-state index contributed by atoms with van der Waals surface area (Å²) < 4.78 is 13.6. The van der Waals surface area contributed by atoms with Gasteiger partial charge in [-0.15, -0.1) is 0 Å². The van der Waals surface area contributed by atoms with Crippen molar-refractivity contribution in [2.45, 2.75) is 45.0 Å². The summed E-state index contributed by atoms with van der Waals surface area (Å²) in [6.07, 6.45) is 3.45. The van der Waals surface area contributed by atoms with E-state index in [0.29, 0.717) is 6.61 Å². The third-order valence-electron chi connectivity index (χ3n) is 4.55. The van der Waals surface area contributed by atoms with Crippen LogP contribution in [0.2, 0.25) is 18.1 Å². The van der Waals surface area contributed by atoms with Crippen LogP contribution in [0.3, 0.4) is 0 Å². The molecule has 0 aliphatic carbocycles. The van der Waals surface area contributed by atoms with Crippen LogP contribution in [-0.2, 0) is 4.43 Å². The molecule has 0 spiro atoms. The van der Waals surface area contributed by atoms with Gasteiger partial charge in [-0.2, -0.15) is 0 Å². The molecule has 1 heterocycles. The number of benzene rings is 1. The van der Waals surface area contributed by atoms with Gasteiger partial charge in [0.05, 0.1) is 6.61 Å². The molecule has 5 heteroatoms. The van der Waals surface area contributed by atoms with Crippen LogP contribution < -0.4 is 4.74 Å². The van der Waals surface area contributed by atoms with Gasteiger partial charge < -0.3 is 9.16 Å². The second kappa shape index (κ2) is 7.81. The van der Waals surface area contributed by atoms with Crippen LogP contribution in [0, 0.1) is 0 Å². The first-order valence-electron chi connectivity index (χ1n) is 8.15. The Kier molecular flexibility index (Phi) is 6.23. The fourth-order valence-corrected chi connectivity index (χ4v) is 3.21. The second-order valence-corrected chi connectivity index (χ2v) is 13.1. The molecule has 1 atom stereocenters. The summed E-state index contributed by atoms with van der Waals surface area (Å²) in [7, 11) is -1.83. The van der Waals surface area contributed by atoms with E-state index in [0.717, 1.165) is 15.8 Å². The summed E-state index contributed by atoms with van der Waals surface area (Å²) in [6.45, 7) is 11.8. The van der Waals surface area contributed by atoms with Crippen molar-refractivity contribution in [2.75, 3.05) is 6.61 Å². The van der Waals surface area contributed by atoms with Crippen molar-refractivity contribution >= 4 is 24.2 Å². The Hall–Kier alpha value is -1.17. The Labute approximate surface area is 154 Å². The molecule has 0 aliphatic rings. The van der Waals surface area contributed by atoms with E-state index in [1.165, 1.54) is 0 Å². The monoisotopic (exact) mass is 407 g/mol. The van der Waals surface area contributed by atoms with E-state index in [2.05, 4.69) is 54.8 Å². The van der Waals surface area contributed by atoms with Crippen LogP contribution in [-0.4, -0.2) is 19.9 Å². The van der Waals surface area contributed by atoms with Crippen molar-refractivity contribution in [2.24, 2.45) is 0 Å². The highest BCUT2D eigenvalue weighted by molar-refractivity contribution is 9.10. The van der Waals surface area contributed by atoms with E-state index >= 15 is 0 Å². The minimum absolute atomic E-state index is 0.171. The molecule has 24 heavy (non-hydrogen) atoms. The normalized spacial score (nSPS) is 13.6. The van der Waals surface area contributed by atoms with Gasteiger partial charge in [0.2, 0.25) is 0 Å². The second-order valence-electron chi connectivity index (χ2n) is 7.42. The van der Waals surface area contributed by atoms with E-state index in [9.17, 15) is 0 Å². The van der Waals surface area contributed by atoms with Crippen LogP contribution in [0.4, 0.5) is 0 Å². The number of hydrogen-bond acceptors (Lipinski definition) is 3. The van der Waals surface area contributed by atoms with Crippen molar-refractivity contribution in [3.05, 3.63) is 58.8 Å².